The molecule has 1 N–H and O–H groups in total. The first-order valence-corrected chi connectivity index (χ1v) is 12.3. The predicted octanol–water partition coefficient (Wildman–Crippen LogP) is 3.25. The molecule has 2 aromatic carbocycles. The van der Waals surface area contributed by atoms with E-state index in [1.807, 2.05) is 37.8 Å². The monoisotopic (exact) mass is 455 g/mol. The predicted molar refractivity (Wildman–Crippen MR) is 124 cm³/mol. The highest BCUT2D eigenvalue weighted by atomic mass is 32.2. The van der Waals surface area contributed by atoms with Crippen LogP contribution in [-0.2, 0) is 26.0 Å². The van der Waals surface area contributed by atoms with Gasteiger partial charge in [-0.05, 0) is 81.0 Å². The van der Waals surface area contributed by atoms with Crippen molar-refractivity contribution in [3.63, 3.8) is 0 Å². The van der Waals surface area contributed by atoms with Gasteiger partial charge < -0.3 is 10.2 Å². The lowest BCUT2D eigenvalue weighted by molar-refractivity contribution is -0.120. The minimum atomic E-state index is -3.86. The van der Waals surface area contributed by atoms with Crippen LogP contribution in [0.5, 0.6) is 0 Å². The fourth-order valence-corrected chi connectivity index (χ4v) is 5.35. The van der Waals surface area contributed by atoms with Gasteiger partial charge in [-0.3, -0.25) is 9.59 Å². The molecular formula is C24H29N3O4S. The Morgan fingerprint density at radius 2 is 1.88 bits per heavy atom. The summed E-state index contributed by atoms with van der Waals surface area (Å²) in [5.41, 5.74) is 4.31. The van der Waals surface area contributed by atoms with Crippen molar-refractivity contribution in [2.45, 2.75) is 51.0 Å². The number of hydrogen-bond donors (Lipinski definition) is 1. The molecule has 0 bridgehead atoms. The Morgan fingerprint density at radius 3 is 2.56 bits per heavy atom. The van der Waals surface area contributed by atoms with Crippen LogP contribution in [0.25, 0.3) is 0 Å². The standard InChI is InChI=1S/C24H29N3O4S/c1-15-6-5-7-21(17(15)3)25-23(28)14-26(4)32(30,31)20-10-11-22-19(13-20)12-16(2)27(22)24(29)18-8-9-18/h5-7,10-11,13,16,18H,8-9,12,14H2,1-4H3,(H,25,28)/t16-/m1/s1. The van der Waals surface area contributed by atoms with Crippen LogP contribution in [0.15, 0.2) is 41.3 Å². The second-order valence-electron chi connectivity index (χ2n) is 8.88. The van der Waals surface area contributed by atoms with E-state index in [0.29, 0.717) is 12.1 Å². The van der Waals surface area contributed by atoms with Crippen LogP contribution in [-0.4, -0.2) is 44.2 Å². The maximum atomic E-state index is 13.1. The summed E-state index contributed by atoms with van der Waals surface area (Å²) in [4.78, 5) is 27.1. The first kappa shape index (κ1) is 22.5. The van der Waals surface area contributed by atoms with E-state index >= 15 is 0 Å². The number of benzene rings is 2. The zero-order valence-electron chi connectivity index (χ0n) is 18.9. The first-order valence-electron chi connectivity index (χ1n) is 10.9. The molecule has 2 aromatic rings. The Balaban J connectivity index is 1.49. The van der Waals surface area contributed by atoms with Gasteiger partial charge in [-0.25, -0.2) is 8.42 Å². The van der Waals surface area contributed by atoms with E-state index in [0.717, 1.165) is 39.5 Å². The van der Waals surface area contributed by atoms with Crippen LogP contribution in [0, 0.1) is 19.8 Å². The summed E-state index contributed by atoms with van der Waals surface area (Å²) in [7, 11) is -2.46. The number of hydrogen-bond acceptors (Lipinski definition) is 4. The Kier molecular flexibility index (Phi) is 5.85. The summed E-state index contributed by atoms with van der Waals surface area (Å²) in [6.07, 6.45) is 2.48. The average molecular weight is 456 g/mol. The normalized spacial score (nSPS) is 18.0. The van der Waals surface area contributed by atoms with Gasteiger partial charge in [0.2, 0.25) is 21.8 Å². The quantitative estimate of drug-likeness (QED) is 0.724. The van der Waals surface area contributed by atoms with Gasteiger partial charge in [-0.1, -0.05) is 12.1 Å². The molecule has 4 rings (SSSR count). The van der Waals surface area contributed by atoms with Crippen LogP contribution in [0.3, 0.4) is 0 Å². The molecular weight excluding hydrogens is 426 g/mol. The van der Waals surface area contributed by atoms with Gasteiger partial charge in [0.25, 0.3) is 0 Å². The molecule has 1 aliphatic carbocycles. The molecule has 0 spiro atoms. The topological polar surface area (TPSA) is 86.8 Å². The van der Waals surface area contributed by atoms with Gasteiger partial charge in [0, 0.05) is 30.4 Å². The van der Waals surface area contributed by atoms with Crippen LogP contribution in [0.2, 0.25) is 0 Å². The van der Waals surface area contributed by atoms with E-state index in [-0.39, 0.29) is 29.3 Å². The molecule has 1 saturated carbocycles. The zero-order chi connectivity index (χ0) is 23.2. The number of nitrogens with zero attached hydrogens (tertiary/aromatic N) is 2. The smallest absolute Gasteiger partial charge is 0.243 e. The maximum Gasteiger partial charge on any atom is 0.243 e. The average Bonchev–Trinajstić information content (AvgIpc) is 3.52. The van der Waals surface area contributed by atoms with Crippen molar-refractivity contribution in [2.24, 2.45) is 5.92 Å². The first-order chi connectivity index (χ1) is 15.1. The number of rotatable bonds is 6. The largest absolute Gasteiger partial charge is 0.325 e. The molecule has 0 saturated heterocycles. The minimum Gasteiger partial charge on any atom is -0.325 e. The van der Waals surface area contributed by atoms with E-state index in [2.05, 4.69) is 5.32 Å². The van der Waals surface area contributed by atoms with E-state index in [4.69, 9.17) is 0 Å². The summed E-state index contributed by atoms with van der Waals surface area (Å²) in [6, 6.07) is 10.5. The molecule has 1 aliphatic heterocycles. The third kappa shape index (κ3) is 4.17. The van der Waals surface area contributed by atoms with E-state index < -0.39 is 15.9 Å². The molecule has 8 heteroatoms. The lowest BCUT2D eigenvalue weighted by Gasteiger charge is -2.23. The number of aryl methyl sites for hydroxylation is 1. The van der Waals surface area contributed by atoms with Crippen LogP contribution in [0.1, 0.15) is 36.5 Å². The Morgan fingerprint density at radius 1 is 1.16 bits per heavy atom. The van der Waals surface area contributed by atoms with Crippen molar-refractivity contribution in [1.29, 1.82) is 0 Å². The van der Waals surface area contributed by atoms with Crippen LogP contribution >= 0.6 is 0 Å². The Hall–Kier alpha value is -2.71. The number of anilines is 2. The number of fused-ring (bicyclic) bond motifs is 1. The minimum absolute atomic E-state index is 0.0112. The van der Waals surface area contributed by atoms with Gasteiger partial charge in [-0.2, -0.15) is 4.31 Å². The fourth-order valence-electron chi connectivity index (χ4n) is 4.17. The summed E-state index contributed by atoms with van der Waals surface area (Å²) in [5.74, 6) is -0.165. The second-order valence-corrected chi connectivity index (χ2v) is 10.9. The third-order valence-corrected chi connectivity index (χ3v) is 8.18. The molecule has 0 radical (unpaired) electrons. The van der Waals surface area contributed by atoms with Crippen molar-refractivity contribution >= 4 is 33.2 Å². The van der Waals surface area contributed by atoms with Gasteiger partial charge in [-0.15, -0.1) is 0 Å². The fraction of sp³-hybridized carbons (Fsp3) is 0.417. The highest BCUT2D eigenvalue weighted by Crippen LogP contribution is 2.39. The van der Waals surface area contributed by atoms with Crippen molar-refractivity contribution in [2.75, 3.05) is 23.8 Å². The summed E-state index contributed by atoms with van der Waals surface area (Å²) in [6.45, 7) is 5.55. The number of amides is 2. The molecule has 2 aliphatic rings. The van der Waals surface area contributed by atoms with Crippen molar-refractivity contribution in [1.82, 2.24) is 4.31 Å². The lowest BCUT2D eigenvalue weighted by atomic mass is 10.1. The van der Waals surface area contributed by atoms with E-state index in [1.54, 1.807) is 18.2 Å². The number of likely N-dealkylation sites (N-methyl/N-ethyl adjacent to an activating group) is 1. The van der Waals surface area contributed by atoms with Crippen molar-refractivity contribution in [3.8, 4) is 0 Å². The second kappa shape index (κ2) is 8.33. The molecule has 1 fully saturated rings. The van der Waals surface area contributed by atoms with Gasteiger partial charge in [0.15, 0.2) is 0 Å². The molecule has 170 valence electrons. The number of sulfonamides is 1. The number of nitrogens with one attached hydrogen (secondary N) is 1. The summed E-state index contributed by atoms with van der Waals surface area (Å²) in [5, 5.41) is 2.80. The molecule has 7 nitrogen and oxygen atoms in total. The van der Waals surface area contributed by atoms with Crippen molar-refractivity contribution in [3.05, 3.63) is 53.1 Å². The van der Waals surface area contributed by atoms with Gasteiger partial charge in [0.1, 0.15) is 0 Å². The van der Waals surface area contributed by atoms with E-state index in [1.165, 1.54) is 13.1 Å². The highest BCUT2D eigenvalue weighted by Gasteiger charge is 2.40. The van der Waals surface area contributed by atoms with Gasteiger partial charge in [0.05, 0.1) is 11.4 Å². The number of carbonyl (C=O) groups is 2. The van der Waals surface area contributed by atoms with Gasteiger partial charge >= 0.3 is 0 Å². The Bertz CT molecular complexity index is 1190. The molecule has 2 amide bonds. The SMILES string of the molecule is Cc1cccc(NC(=O)CN(C)S(=O)(=O)c2ccc3c(c2)C[C@@H](C)N3C(=O)C2CC2)c1C. The number of carbonyl (C=O) groups excluding carboxylic acids is 2. The Labute approximate surface area is 189 Å². The van der Waals surface area contributed by atoms with Crippen molar-refractivity contribution < 1.29 is 18.0 Å². The summed E-state index contributed by atoms with van der Waals surface area (Å²) < 4.78 is 27.3. The molecule has 0 unspecified atom stereocenters. The lowest BCUT2D eigenvalue weighted by Crippen LogP contribution is -2.36. The highest BCUT2D eigenvalue weighted by molar-refractivity contribution is 7.89. The van der Waals surface area contributed by atoms with E-state index in [9.17, 15) is 18.0 Å². The molecule has 32 heavy (non-hydrogen) atoms. The summed E-state index contributed by atoms with van der Waals surface area (Å²) >= 11 is 0. The molecule has 0 aromatic heterocycles. The van der Waals surface area contributed by atoms with Crippen LogP contribution < -0.4 is 10.2 Å². The van der Waals surface area contributed by atoms with Crippen LogP contribution in [0.4, 0.5) is 11.4 Å². The molecule has 1 atom stereocenters. The zero-order valence-corrected chi connectivity index (χ0v) is 19.7. The molecule has 1 heterocycles. The maximum absolute atomic E-state index is 13.1. The third-order valence-electron chi connectivity index (χ3n) is 6.38.